The molecule has 1 aromatic heterocycles. The van der Waals surface area contributed by atoms with Gasteiger partial charge in [0.15, 0.2) is 5.96 Å². The molecule has 1 aliphatic heterocycles. The van der Waals surface area contributed by atoms with Gasteiger partial charge in [-0.25, -0.2) is 13.1 Å². The highest BCUT2D eigenvalue weighted by Gasteiger charge is 2.31. The van der Waals surface area contributed by atoms with E-state index in [1.165, 1.54) is 19.3 Å². The SMILES string of the molecule is CCCC1(C)CCCN(C(=NC)NCCNS(=O)(=O)c2ccn(C)c2)C1.I. The van der Waals surface area contributed by atoms with E-state index in [9.17, 15) is 8.42 Å². The molecule has 9 heteroatoms. The third-order valence-electron chi connectivity index (χ3n) is 4.96. The Morgan fingerprint density at radius 2 is 2.11 bits per heavy atom. The second-order valence-electron chi connectivity index (χ2n) is 7.47. The van der Waals surface area contributed by atoms with Gasteiger partial charge in [0.05, 0.1) is 4.90 Å². The van der Waals surface area contributed by atoms with E-state index in [0.29, 0.717) is 18.5 Å². The predicted molar refractivity (Wildman–Crippen MR) is 121 cm³/mol. The highest BCUT2D eigenvalue weighted by Crippen LogP contribution is 2.33. The first-order valence-corrected chi connectivity index (χ1v) is 10.9. The molecule has 0 aliphatic carbocycles. The molecule has 1 atom stereocenters. The molecule has 1 saturated heterocycles. The second-order valence-corrected chi connectivity index (χ2v) is 9.24. The van der Waals surface area contributed by atoms with Crippen molar-refractivity contribution >= 4 is 40.0 Å². The molecule has 0 bridgehead atoms. The molecular weight excluding hydrogens is 477 g/mol. The maximum atomic E-state index is 12.2. The van der Waals surface area contributed by atoms with Gasteiger partial charge in [-0.2, -0.15) is 0 Å². The molecule has 0 spiro atoms. The van der Waals surface area contributed by atoms with E-state index >= 15 is 0 Å². The van der Waals surface area contributed by atoms with E-state index < -0.39 is 10.0 Å². The van der Waals surface area contributed by atoms with Crippen LogP contribution in [-0.2, 0) is 17.1 Å². The van der Waals surface area contributed by atoms with Crippen LogP contribution < -0.4 is 10.0 Å². The smallest absolute Gasteiger partial charge is 0.242 e. The lowest BCUT2D eigenvalue weighted by molar-refractivity contribution is 0.143. The van der Waals surface area contributed by atoms with Crippen LogP contribution in [0.25, 0.3) is 0 Å². The second kappa shape index (κ2) is 10.7. The average molecular weight is 511 g/mol. The van der Waals surface area contributed by atoms with Crippen molar-refractivity contribution in [2.24, 2.45) is 17.5 Å². The summed E-state index contributed by atoms with van der Waals surface area (Å²) in [4.78, 5) is 6.97. The van der Waals surface area contributed by atoms with Crippen molar-refractivity contribution in [1.29, 1.82) is 0 Å². The summed E-state index contributed by atoms with van der Waals surface area (Å²) in [5.41, 5.74) is 0.333. The lowest BCUT2D eigenvalue weighted by atomic mass is 9.78. The molecule has 1 aromatic rings. The normalized spacial score (nSPS) is 21.0. The van der Waals surface area contributed by atoms with Crippen molar-refractivity contribution in [1.82, 2.24) is 19.5 Å². The van der Waals surface area contributed by atoms with Crippen molar-refractivity contribution in [2.75, 3.05) is 33.2 Å². The van der Waals surface area contributed by atoms with Crippen LogP contribution in [0.5, 0.6) is 0 Å². The van der Waals surface area contributed by atoms with Crippen LogP contribution in [0.15, 0.2) is 28.3 Å². The molecule has 1 aliphatic rings. The van der Waals surface area contributed by atoms with Crippen LogP contribution >= 0.6 is 24.0 Å². The molecule has 7 nitrogen and oxygen atoms in total. The van der Waals surface area contributed by atoms with Gasteiger partial charge >= 0.3 is 0 Å². The van der Waals surface area contributed by atoms with Gasteiger partial charge < -0.3 is 14.8 Å². The maximum absolute atomic E-state index is 12.2. The van der Waals surface area contributed by atoms with Crippen LogP contribution in [0.3, 0.4) is 0 Å². The van der Waals surface area contributed by atoms with E-state index in [0.717, 1.165) is 25.5 Å². The number of sulfonamides is 1. The van der Waals surface area contributed by atoms with Crippen molar-refractivity contribution in [3.8, 4) is 0 Å². The Bertz CT molecular complexity index is 715. The fourth-order valence-corrected chi connectivity index (χ4v) is 4.80. The summed E-state index contributed by atoms with van der Waals surface area (Å²) in [6.45, 7) is 7.39. The molecule has 0 radical (unpaired) electrons. The lowest BCUT2D eigenvalue weighted by Gasteiger charge is -2.42. The minimum atomic E-state index is -3.46. The number of likely N-dealkylation sites (tertiary alicyclic amines) is 1. The lowest BCUT2D eigenvalue weighted by Crippen LogP contribution is -2.50. The molecule has 27 heavy (non-hydrogen) atoms. The van der Waals surface area contributed by atoms with Crippen LogP contribution in [0, 0.1) is 5.41 Å². The average Bonchev–Trinajstić information content (AvgIpc) is 3.02. The van der Waals surface area contributed by atoms with Gasteiger partial charge in [-0.1, -0.05) is 20.3 Å². The number of hydrogen-bond acceptors (Lipinski definition) is 3. The van der Waals surface area contributed by atoms with Gasteiger partial charge in [0.25, 0.3) is 0 Å². The highest BCUT2D eigenvalue weighted by atomic mass is 127. The highest BCUT2D eigenvalue weighted by molar-refractivity contribution is 14.0. The number of guanidine groups is 1. The van der Waals surface area contributed by atoms with E-state index in [-0.39, 0.29) is 28.9 Å². The number of halogens is 1. The number of rotatable bonds is 7. The molecule has 156 valence electrons. The Hall–Kier alpha value is -0.810. The minimum Gasteiger partial charge on any atom is -0.356 e. The molecular formula is C18H34IN5O2S. The number of aromatic nitrogens is 1. The summed E-state index contributed by atoms with van der Waals surface area (Å²) in [6.07, 6.45) is 8.15. The van der Waals surface area contributed by atoms with Crippen molar-refractivity contribution in [2.45, 2.75) is 44.4 Å². The molecule has 2 heterocycles. The zero-order valence-corrected chi connectivity index (χ0v) is 20.0. The topological polar surface area (TPSA) is 78.7 Å². The quantitative estimate of drug-likeness (QED) is 0.255. The first kappa shape index (κ1) is 24.2. The number of piperidine rings is 1. The number of aliphatic imine (C=N–C) groups is 1. The van der Waals surface area contributed by atoms with Crippen LogP contribution in [0.1, 0.15) is 39.5 Å². The molecule has 1 fully saturated rings. The van der Waals surface area contributed by atoms with E-state index in [1.807, 2.05) is 0 Å². The van der Waals surface area contributed by atoms with E-state index in [2.05, 4.69) is 33.8 Å². The number of nitrogens with one attached hydrogen (secondary N) is 2. The first-order valence-electron chi connectivity index (χ1n) is 9.37. The Labute approximate surface area is 181 Å². The zero-order valence-electron chi connectivity index (χ0n) is 16.9. The molecule has 1 unspecified atom stereocenters. The van der Waals surface area contributed by atoms with Crippen molar-refractivity contribution in [3.05, 3.63) is 18.5 Å². The Kier molecular flexibility index (Phi) is 9.56. The van der Waals surface area contributed by atoms with Crippen LogP contribution in [-0.4, -0.2) is 57.1 Å². The number of aryl methyl sites for hydroxylation is 1. The molecule has 0 saturated carbocycles. The third kappa shape index (κ3) is 6.94. The predicted octanol–water partition coefficient (Wildman–Crippen LogP) is 2.40. The van der Waals surface area contributed by atoms with Crippen molar-refractivity contribution < 1.29 is 8.42 Å². The fraction of sp³-hybridized carbons (Fsp3) is 0.722. The van der Waals surface area contributed by atoms with E-state index in [4.69, 9.17) is 0 Å². The first-order chi connectivity index (χ1) is 12.3. The van der Waals surface area contributed by atoms with Gasteiger partial charge in [-0.15, -0.1) is 24.0 Å². The molecule has 2 N–H and O–H groups in total. The zero-order chi connectivity index (χ0) is 19.2. The Morgan fingerprint density at radius 1 is 1.37 bits per heavy atom. The summed E-state index contributed by atoms with van der Waals surface area (Å²) >= 11 is 0. The maximum Gasteiger partial charge on any atom is 0.242 e. The van der Waals surface area contributed by atoms with Gasteiger partial charge in [0.2, 0.25) is 10.0 Å². The molecule has 2 rings (SSSR count). The van der Waals surface area contributed by atoms with Gasteiger partial charge in [0.1, 0.15) is 0 Å². The summed E-state index contributed by atoms with van der Waals surface area (Å²) < 4.78 is 28.8. The fourth-order valence-electron chi connectivity index (χ4n) is 3.72. The van der Waals surface area contributed by atoms with Gasteiger partial charge in [-0.05, 0) is 30.7 Å². The van der Waals surface area contributed by atoms with E-state index in [1.54, 1.807) is 37.1 Å². The van der Waals surface area contributed by atoms with Crippen LogP contribution in [0.2, 0.25) is 0 Å². The largest absolute Gasteiger partial charge is 0.356 e. The standard InChI is InChI=1S/C18H33N5O2S.HI/c1-5-8-18(2)9-6-12-23(15-18)17(19-3)20-10-11-21-26(24,25)16-7-13-22(4)14-16;/h7,13-14,21H,5-6,8-12,15H2,1-4H3,(H,19,20);1H. The van der Waals surface area contributed by atoms with Crippen molar-refractivity contribution in [3.63, 3.8) is 0 Å². The minimum absolute atomic E-state index is 0. The third-order valence-corrected chi connectivity index (χ3v) is 6.41. The molecule has 0 amide bonds. The molecule has 0 aromatic carbocycles. The summed E-state index contributed by atoms with van der Waals surface area (Å²) in [5, 5.41) is 3.29. The number of hydrogen-bond donors (Lipinski definition) is 2. The number of nitrogens with zero attached hydrogens (tertiary/aromatic N) is 3. The monoisotopic (exact) mass is 511 g/mol. The van der Waals surface area contributed by atoms with Crippen LogP contribution in [0.4, 0.5) is 0 Å². The summed E-state index contributed by atoms with van der Waals surface area (Å²) in [5.74, 6) is 0.853. The summed E-state index contributed by atoms with van der Waals surface area (Å²) in [6, 6.07) is 1.59. The van der Waals surface area contributed by atoms with Gasteiger partial charge in [-0.3, -0.25) is 4.99 Å². The summed E-state index contributed by atoms with van der Waals surface area (Å²) in [7, 11) is 0.122. The Morgan fingerprint density at radius 3 is 2.70 bits per heavy atom. The Balaban J connectivity index is 0.00000364. The van der Waals surface area contributed by atoms with Gasteiger partial charge in [0, 0.05) is 52.7 Å².